The Labute approximate surface area is 217 Å². The first-order valence-corrected chi connectivity index (χ1v) is 12.4. The molecule has 37 heavy (non-hydrogen) atoms. The van der Waals surface area contributed by atoms with Crippen LogP contribution in [0.2, 0.25) is 0 Å². The second kappa shape index (κ2) is 11.9. The molecule has 0 aliphatic heterocycles. The van der Waals surface area contributed by atoms with Crippen molar-refractivity contribution in [2.24, 2.45) is 0 Å². The Morgan fingerprint density at radius 3 is 2.05 bits per heavy atom. The number of carbonyl (C=O) groups is 4. The maximum absolute atomic E-state index is 12.9. The van der Waals surface area contributed by atoms with E-state index in [0.29, 0.717) is 11.1 Å². The number of hydrogen-bond donors (Lipinski definition) is 1. The zero-order valence-electron chi connectivity index (χ0n) is 19.9. The number of rotatable bonds is 9. The monoisotopic (exact) mass is 513 g/mol. The minimum Gasteiger partial charge on any atom is -0.462 e. The van der Waals surface area contributed by atoms with Gasteiger partial charge in [0.1, 0.15) is 10.6 Å². The molecule has 0 aliphatic carbocycles. The second-order valence-electron chi connectivity index (χ2n) is 7.81. The van der Waals surface area contributed by atoms with Crippen molar-refractivity contribution in [2.75, 3.05) is 18.5 Å². The van der Waals surface area contributed by atoms with Gasteiger partial charge in [0.2, 0.25) is 0 Å². The standard InChI is InChI=1S/C29H23NO6S/c1-2-35-29(34)25-23(19-11-5-3-6-12-19)18-37-27(25)30-24(31)17-36-28(33)22-16-10-9-15-21(22)26(32)20-13-7-4-8-14-20/h3-16,18H,2,17H2,1H3,(H,30,31). The molecule has 0 unspecified atom stereocenters. The van der Waals surface area contributed by atoms with Gasteiger partial charge in [0.15, 0.2) is 12.4 Å². The number of esters is 2. The number of ether oxygens (including phenoxy) is 2. The molecule has 0 atom stereocenters. The number of thiophene rings is 1. The SMILES string of the molecule is CCOC(=O)c1c(-c2ccccc2)csc1NC(=O)COC(=O)c1ccccc1C(=O)c1ccccc1. The normalized spacial score (nSPS) is 10.4. The van der Waals surface area contributed by atoms with E-state index >= 15 is 0 Å². The topological polar surface area (TPSA) is 98.8 Å². The summed E-state index contributed by atoms with van der Waals surface area (Å²) in [6.45, 7) is 1.27. The lowest BCUT2D eigenvalue weighted by atomic mass is 9.98. The fourth-order valence-electron chi connectivity index (χ4n) is 3.66. The van der Waals surface area contributed by atoms with Gasteiger partial charge in [-0.2, -0.15) is 0 Å². The average Bonchev–Trinajstić information content (AvgIpc) is 3.36. The molecule has 8 heteroatoms. The van der Waals surface area contributed by atoms with Crippen molar-refractivity contribution in [2.45, 2.75) is 6.92 Å². The summed E-state index contributed by atoms with van der Waals surface area (Å²) >= 11 is 1.17. The van der Waals surface area contributed by atoms with E-state index < -0.39 is 24.5 Å². The van der Waals surface area contributed by atoms with Crippen molar-refractivity contribution < 1.29 is 28.7 Å². The van der Waals surface area contributed by atoms with E-state index in [1.807, 2.05) is 30.3 Å². The Morgan fingerprint density at radius 1 is 0.757 bits per heavy atom. The van der Waals surface area contributed by atoms with Gasteiger partial charge in [0.25, 0.3) is 5.91 Å². The third-order valence-corrected chi connectivity index (χ3v) is 6.27. The molecule has 0 saturated carbocycles. The van der Waals surface area contributed by atoms with E-state index in [0.717, 1.165) is 5.56 Å². The van der Waals surface area contributed by atoms with Crippen LogP contribution in [0.15, 0.2) is 90.3 Å². The van der Waals surface area contributed by atoms with Gasteiger partial charge >= 0.3 is 11.9 Å². The van der Waals surface area contributed by atoms with Crippen molar-refractivity contribution in [3.8, 4) is 11.1 Å². The molecule has 1 amide bonds. The summed E-state index contributed by atoms with van der Waals surface area (Å²) in [7, 11) is 0. The average molecular weight is 514 g/mol. The lowest BCUT2D eigenvalue weighted by Crippen LogP contribution is -2.22. The first kappa shape index (κ1) is 25.5. The van der Waals surface area contributed by atoms with Crippen LogP contribution in [0.3, 0.4) is 0 Å². The number of nitrogens with one attached hydrogen (secondary N) is 1. The highest BCUT2D eigenvalue weighted by molar-refractivity contribution is 7.15. The van der Waals surface area contributed by atoms with Gasteiger partial charge < -0.3 is 14.8 Å². The molecule has 1 aromatic heterocycles. The van der Waals surface area contributed by atoms with Crippen molar-refractivity contribution in [3.63, 3.8) is 0 Å². The van der Waals surface area contributed by atoms with Gasteiger partial charge in [-0.1, -0.05) is 78.9 Å². The Morgan fingerprint density at radius 2 is 1.38 bits per heavy atom. The summed E-state index contributed by atoms with van der Waals surface area (Å²) in [4.78, 5) is 51.0. The fraction of sp³-hybridized carbons (Fsp3) is 0.103. The molecule has 0 spiro atoms. The number of ketones is 1. The maximum Gasteiger partial charge on any atom is 0.341 e. The lowest BCUT2D eigenvalue weighted by Gasteiger charge is -2.10. The first-order chi connectivity index (χ1) is 18.0. The molecule has 7 nitrogen and oxygen atoms in total. The summed E-state index contributed by atoms with van der Waals surface area (Å²) < 4.78 is 10.4. The maximum atomic E-state index is 12.9. The summed E-state index contributed by atoms with van der Waals surface area (Å²) in [6, 6.07) is 24.1. The van der Waals surface area contributed by atoms with Crippen LogP contribution in [0.25, 0.3) is 11.1 Å². The van der Waals surface area contributed by atoms with Crippen molar-refractivity contribution in [1.82, 2.24) is 0 Å². The highest BCUT2D eigenvalue weighted by atomic mass is 32.1. The molecule has 0 bridgehead atoms. The van der Waals surface area contributed by atoms with Gasteiger partial charge in [-0.15, -0.1) is 11.3 Å². The van der Waals surface area contributed by atoms with Gasteiger partial charge in [0.05, 0.1) is 12.2 Å². The summed E-state index contributed by atoms with van der Waals surface area (Å²) in [6.07, 6.45) is 0. The van der Waals surface area contributed by atoms with Crippen LogP contribution in [-0.2, 0) is 14.3 Å². The fourth-order valence-corrected chi connectivity index (χ4v) is 4.64. The molecule has 4 aromatic rings. The van der Waals surface area contributed by atoms with Crippen molar-refractivity contribution >= 4 is 40.0 Å². The van der Waals surface area contributed by atoms with Crippen LogP contribution in [0.5, 0.6) is 0 Å². The van der Waals surface area contributed by atoms with Crippen LogP contribution >= 0.6 is 11.3 Å². The largest absolute Gasteiger partial charge is 0.462 e. The zero-order valence-corrected chi connectivity index (χ0v) is 20.7. The highest BCUT2D eigenvalue weighted by Gasteiger charge is 2.24. The minimum absolute atomic E-state index is 0.0545. The van der Waals surface area contributed by atoms with E-state index in [9.17, 15) is 19.2 Å². The smallest absolute Gasteiger partial charge is 0.341 e. The minimum atomic E-state index is -0.809. The third kappa shape index (κ3) is 5.99. The Hall–Kier alpha value is -4.56. The van der Waals surface area contributed by atoms with Gasteiger partial charge in [0, 0.05) is 22.1 Å². The van der Waals surface area contributed by atoms with Crippen LogP contribution in [0.4, 0.5) is 5.00 Å². The molecule has 1 heterocycles. The van der Waals surface area contributed by atoms with E-state index in [4.69, 9.17) is 9.47 Å². The van der Waals surface area contributed by atoms with Crippen LogP contribution in [0.1, 0.15) is 43.6 Å². The van der Waals surface area contributed by atoms with Crippen LogP contribution in [0, 0.1) is 0 Å². The molecule has 1 N–H and O–H groups in total. The van der Waals surface area contributed by atoms with E-state index in [1.165, 1.54) is 23.5 Å². The molecular formula is C29H23NO6S. The molecule has 0 aliphatic rings. The molecular weight excluding hydrogens is 490 g/mol. The number of hydrogen-bond acceptors (Lipinski definition) is 7. The lowest BCUT2D eigenvalue weighted by molar-refractivity contribution is -0.119. The van der Waals surface area contributed by atoms with Crippen molar-refractivity contribution in [1.29, 1.82) is 0 Å². The number of carbonyl (C=O) groups excluding carboxylic acids is 4. The molecule has 0 fully saturated rings. The number of anilines is 1. The number of amides is 1. The van der Waals surface area contributed by atoms with Gasteiger partial charge in [-0.25, -0.2) is 9.59 Å². The zero-order chi connectivity index (χ0) is 26.2. The van der Waals surface area contributed by atoms with Gasteiger partial charge in [-0.05, 0) is 18.6 Å². The summed E-state index contributed by atoms with van der Waals surface area (Å²) in [5.41, 5.74) is 2.32. The molecule has 0 saturated heterocycles. The van der Waals surface area contributed by atoms with Crippen LogP contribution in [-0.4, -0.2) is 36.8 Å². The van der Waals surface area contributed by atoms with E-state index in [2.05, 4.69) is 5.32 Å². The predicted molar refractivity (Wildman–Crippen MR) is 141 cm³/mol. The Kier molecular flexibility index (Phi) is 8.22. The quantitative estimate of drug-likeness (QED) is 0.230. The highest BCUT2D eigenvalue weighted by Crippen LogP contribution is 2.36. The van der Waals surface area contributed by atoms with E-state index in [-0.39, 0.29) is 34.1 Å². The molecule has 4 rings (SSSR count). The van der Waals surface area contributed by atoms with E-state index in [1.54, 1.807) is 54.8 Å². The van der Waals surface area contributed by atoms with Gasteiger partial charge in [-0.3, -0.25) is 9.59 Å². The number of benzene rings is 3. The Bertz CT molecular complexity index is 1430. The Balaban J connectivity index is 1.48. The third-order valence-electron chi connectivity index (χ3n) is 5.37. The molecule has 0 radical (unpaired) electrons. The predicted octanol–water partition coefficient (Wildman–Crippen LogP) is 5.62. The summed E-state index contributed by atoms with van der Waals surface area (Å²) in [5.74, 6) is -2.34. The summed E-state index contributed by atoms with van der Waals surface area (Å²) in [5, 5.41) is 4.69. The molecule has 186 valence electrons. The first-order valence-electron chi connectivity index (χ1n) is 11.5. The van der Waals surface area contributed by atoms with Crippen molar-refractivity contribution in [3.05, 3.63) is 113 Å². The second-order valence-corrected chi connectivity index (χ2v) is 8.68. The molecule has 3 aromatic carbocycles. The van der Waals surface area contributed by atoms with Crippen LogP contribution < -0.4 is 5.32 Å².